The molecule has 0 bridgehead atoms. The van der Waals surface area contributed by atoms with E-state index in [1.807, 2.05) is 18.2 Å². The van der Waals surface area contributed by atoms with Crippen LogP contribution in [0.25, 0.3) is 0 Å². The molecule has 1 N–H and O–H groups in total. The minimum absolute atomic E-state index is 0.00898. The van der Waals surface area contributed by atoms with Crippen molar-refractivity contribution in [3.63, 3.8) is 0 Å². The fraction of sp³-hybridized carbons (Fsp3) is 0.438. The molecule has 0 amide bonds. The highest BCUT2D eigenvalue weighted by Gasteiger charge is 2.24. The summed E-state index contributed by atoms with van der Waals surface area (Å²) in [6, 6.07) is 10.2. The minimum atomic E-state index is -0.773. The lowest BCUT2D eigenvalue weighted by Crippen LogP contribution is -2.22. The van der Waals surface area contributed by atoms with Gasteiger partial charge in [0.25, 0.3) is 0 Å². The van der Waals surface area contributed by atoms with Crippen LogP contribution in [0.3, 0.4) is 0 Å². The van der Waals surface area contributed by atoms with E-state index < -0.39 is 5.97 Å². The molecule has 0 fully saturated rings. The number of carbonyl (C=O) groups is 1. The van der Waals surface area contributed by atoms with Crippen LogP contribution in [0.15, 0.2) is 42.5 Å². The fourth-order valence-corrected chi connectivity index (χ4v) is 2.97. The molecule has 0 saturated heterocycles. The van der Waals surface area contributed by atoms with Crippen LogP contribution >= 0.6 is 11.8 Å². The topological polar surface area (TPSA) is 37.3 Å². The van der Waals surface area contributed by atoms with Gasteiger partial charge in [0, 0.05) is 5.25 Å². The van der Waals surface area contributed by atoms with Crippen molar-refractivity contribution in [2.75, 3.05) is 5.75 Å². The number of aliphatic carboxylic acids is 1. The summed E-state index contributed by atoms with van der Waals surface area (Å²) in [5.41, 5.74) is 2.31. The average Bonchev–Trinajstić information content (AvgIpc) is 2.33. The summed E-state index contributed by atoms with van der Waals surface area (Å²) < 4.78 is 0. The summed E-state index contributed by atoms with van der Waals surface area (Å²) >= 11 is 1.46. The molecule has 0 heterocycles. The average molecular weight is 278 g/mol. The monoisotopic (exact) mass is 278 g/mol. The maximum Gasteiger partial charge on any atom is 0.313 e. The highest BCUT2D eigenvalue weighted by atomic mass is 32.2. The molecule has 1 aromatic rings. The van der Waals surface area contributed by atoms with E-state index in [0.717, 1.165) is 12.0 Å². The lowest BCUT2D eigenvalue weighted by molar-refractivity contribution is -0.133. The maximum atomic E-state index is 10.8. The van der Waals surface area contributed by atoms with E-state index >= 15 is 0 Å². The van der Waals surface area contributed by atoms with Crippen LogP contribution in [-0.2, 0) is 11.2 Å². The molecule has 0 spiro atoms. The molecule has 1 rings (SSSR count). The fourth-order valence-electron chi connectivity index (χ4n) is 1.77. The third-order valence-corrected chi connectivity index (χ3v) is 4.29. The van der Waals surface area contributed by atoms with Gasteiger partial charge in [-0.1, -0.05) is 63.3 Å². The van der Waals surface area contributed by atoms with Crippen LogP contribution in [0.4, 0.5) is 0 Å². The lowest BCUT2D eigenvalue weighted by Gasteiger charge is -2.29. The smallest absolute Gasteiger partial charge is 0.313 e. The molecular formula is C16H22O2S. The molecule has 1 atom stereocenters. The van der Waals surface area contributed by atoms with Gasteiger partial charge in [-0.15, -0.1) is 11.8 Å². The summed E-state index contributed by atoms with van der Waals surface area (Å²) in [6.07, 6.45) is 0.828. The molecule has 2 nitrogen and oxygen atoms in total. The van der Waals surface area contributed by atoms with Gasteiger partial charge in [0.1, 0.15) is 0 Å². The first-order valence-electron chi connectivity index (χ1n) is 6.37. The van der Waals surface area contributed by atoms with E-state index in [1.165, 1.54) is 17.3 Å². The second kappa shape index (κ2) is 6.80. The normalized spacial score (nSPS) is 13.0. The molecule has 0 aliphatic carbocycles. The Balaban J connectivity index is 2.80. The summed E-state index contributed by atoms with van der Waals surface area (Å²) in [6.45, 7) is 10.5. The predicted octanol–water partition coefficient (Wildman–Crippen LogP) is 4.02. The Hall–Kier alpha value is -1.22. The Bertz CT molecular complexity index is 432. The molecule has 0 radical (unpaired) electrons. The summed E-state index contributed by atoms with van der Waals surface area (Å²) in [4.78, 5) is 10.8. The third-order valence-electron chi connectivity index (χ3n) is 3.02. The van der Waals surface area contributed by atoms with Gasteiger partial charge in [-0.25, -0.2) is 0 Å². The zero-order chi connectivity index (χ0) is 14.5. The maximum absolute atomic E-state index is 10.8. The second-order valence-electron chi connectivity index (χ2n) is 5.66. The van der Waals surface area contributed by atoms with Crippen molar-refractivity contribution >= 4 is 17.7 Å². The highest BCUT2D eigenvalue weighted by Crippen LogP contribution is 2.34. The van der Waals surface area contributed by atoms with Crippen LogP contribution in [0.1, 0.15) is 26.3 Å². The quantitative estimate of drug-likeness (QED) is 0.799. The highest BCUT2D eigenvalue weighted by molar-refractivity contribution is 8.00. The van der Waals surface area contributed by atoms with E-state index in [-0.39, 0.29) is 16.4 Å². The van der Waals surface area contributed by atoms with Gasteiger partial charge in [0.05, 0.1) is 5.75 Å². The van der Waals surface area contributed by atoms with Crippen LogP contribution in [0.5, 0.6) is 0 Å². The summed E-state index contributed by atoms with van der Waals surface area (Å²) in [7, 11) is 0. The van der Waals surface area contributed by atoms with Gasteiger partial charge in [-0.2, -0.15) is 0 Å². The first-order chi connectivity index (χ1) is 8.80. The lowest BCUT2D eigenvalue weighted by atomic mass is 9.84. The number of thioether (sulfide) groups is 1. The van der Waals surface area contributed by atoms with Gasteiger partial charge in [-0.3, -0.25) is 4.79 Å². The van der Waals surface area contributed by atoms with Crippen molar-refractivity contribution in [3.8, 4) is 0 Å². The molecule has 0 saturated carbocycles. The number of rotatable bonds is 6. The van der Waals surface area contributed by atoms with Crippen molar-refractivity contribution in [1.29, 1.82) is 0 Å². The van der Waals surface area contributed by atoms with Gasteiger partial charge >= 0.3 is 5.97 Å². The van der Waals surface area contributed by atoms with Crippen molar-refractivity contribution in [2.45, 2.75) is 32.4 Å². The van der Waals surface area contributed by atoms with Crippen LogP contribution in [0.2, 0.25) is 0 Å². The van der Waals surface area contributed by atoms with Crippen molar-refractivity contribution < 1.29 is 9.90 Å². The number of benzene rings is 1. The Kier molecular flexibility index (Phi) is 5.67. The third kappa shape index (κ3) is 5.52. The molecule has 0 aliphatic heterocycles. The van der Waals surface area contributed by atoms with Gasteiger partial charge < -0.3 is 5.11 Å². The zero-order valence-electron chi connectivity index (χ0n) is 11.8. The van der Waals surface area contributed by atoms with E-state index in [0.29, 0.717) is 0 Å². The molecule has 104 valence electrons. The van der Waals surface area contributed by atoms with Crippen molar-refractivity contribution in [2.24, 2.45) is 5.41 Å². The predicted molar refractivity (Wildman–Crippen MR) is 82.6 cm³/mol. The molecule has 0 aliphatic rings. The largest absolute Gasteiger partial charge is 0.481 e. The van der Waals surface area contributed by atoms with Crippen LogP contribution < -0.4 is 0 Å². The van der Waals surface area contributed by atoms with Gasteiger partial charge in [0.2, 0.25) is 0 Å². The molecule has 3 heteroatoms. The molecular weight excluding hydrogens is 256 g/mol. The molecule has 0 aromatic heterocycles. The minimum Gasteiger partial charge on any atom is -0.481 e. The first kappa shape index (κ1) is 15.8. The molecule has 1 aromatic carbocycles. The van der Waals surface area contributed by atoms with Gasteiger partial charge in [-0.05, 0) is 17.4 Å². The Morgan fingerprint density at radius 2 is 1.89 bits per heavy atom. The first-order valence-corrected chi connectivity index (χ1v) is 7.42. The number of hydrogen-bond acceptors (Lipinski definition) is 2. The van der Waals surface area contributed by atoms with E-state index in [4.69, 9.17) is 5.11 Å². The summed E-state index contributed by atoms with van der Waals surface area (Å²) in [5.74, 6) is -0.656. The molecule has 19 heavy (non-hydrogen) atoms. The SMILES string of the molecule is C=C(C(Cc1ccccc1)SCC(=O)O)C(C)(C)C. The Labute approximate surface area is 119 Å². The van der Waals surface area contributed by atoms with Crippen molar-refractivity contribution in [1.82, 2.24) is 0 Å². The molecule has 1 unspecified atom stereocenters. The standard InChI is InChI=1S/C16H22O2S/c1-12(16(2,3)4)14(19-11-15(17)18)10-13-8-6-5-7-9-13/h5-9,14H,1,10-11H2,2-4H3,(H,17,18). The Morgan fingerprint density at radius 1 is 1.32 bits per heavy atom. The number of hydrogen-bond donors (Lipinski definition) is 1. The van der Waals surface area contributed by atoms with Crippen molar-refractivity contribution in [3.05, 3.63) is 48.0 Å². The zero-order valence-corrected chi connectivity index (χ0v) is 12.7. The van der Waals surface area contributed by atoms with Gasteiger partial charge in [0.15, 0.2) is 0 Å². The van der Waals surface area contributed by atoms with E-state index in [1.54, 1.807) is 0 Å². The number of carboxylic acids is 1. The van der Waals surface area contributed by atoms with Crippen LogP contribution in [-0.4, -0.2) is 22.1 Å². The van der Waals surface area contributed by atoms with E-state index in [9.17, 15) is 4.79 Å². The Morgan fingerprint density at radius 3 is 2.37 bits per heavy atom. The summed E-state index contributed by atoms with van der Waals surface area (Å²) in [5, 5.41) is 9.00. The number of carboxylic acid groups (broad SMARTS) is 1. The van der Waals surface area contributed by atoms with E-state index in [2.05, 4.69) is 39.5 Å². The second-order valence-corrected chi connectivity index (χ2v) is 6.85. The van der Waals surface area contributed by atoms with Crippen LogP contribution in [0, 0.1) is 5.41 Å².